The lowest BCUT2D eigenvalue weighted by molar-refractivity contribution is 0.285. The molecule has 0 aliphatic heterocycles. The van der Waals surface area contributed by atoms with Crippen molar-refractivity contribution in [2.24, 2.45) is 11.8 Å². The summed E-state index contributed by atoms with van der Waals surface area (Å²) in [5.74, 6) is 7.27. The molecule has 5 N–H and O–H groups in total. The number of anilines is 2. The highest BCUT2D eigenvalue weighted by Crippen LogP contribution is 2.31. The van der Waals surface area contributed by atoms with Crippen molar-refractivity contribution in [3.05, 3.63) is 6.20 Å². The largest absolute Gasteiger partial charge is 0.367 e. The molecule has 96 valence electrons. The van der Waals surface area contributed by atoms with Crippen LogP contribution < -0.4 is 16.6 Å². The van der Waals surface area contributed by atoms with Gasteiger partial charge in [-0.1, -0.05) is 6.42 Å². The van der Waals surface area contributed by atoms with Crippen molar-refractivity contribution in [3.8, 4) is 0 Å². The summed E-state index contributed by atoms with van der Waals surface area (Å²) in [6.45, 7) is 2.19. The highest BCUT2D eigenvalue weighted by molar-refractivity contribution is 5.87. The number of nitrogens with zero attached hydrogens (tertiary/aromatic N) is 3. The van der Waals surface area contributed by atoms with E-state index >= 15 is 0 Å². The van der Waals surface area contributed by atoms with E-state index in [1.165, 1.54) is 19.3 Å². The topological polar surface area (TPSA) is 105 Å². The van der Waals surface area contributed by atoms with Crippen LogP contribution in [0.1, 0.15) is 26.2 Å². The first-order valence-corrected chi connectivity index (χ1v) is 6.22. The molecular formula is C11H17N7. The SMILES string of the molecule is CC(Nc1nc(NN)nc2[nH]ncc12)C1CCC1. The average molecular weight is 247 g/mol. The average Bonchev–Trinajstić information content (AvgIpc) is 2.74. The van der Waals surface area contributed by atoms with Gasteiger partial charge in [-0.2, -0.15) is 15.1 Å². The quantitative estimate of drug-likeness (QED) is 0.478. The minimum absolute atomic E-state index is 0.384. The van der Waals surface area contributed by atoms with Gasteiger partial charge in [-0.05, 0) is 25.7 Å². The lowest BCUT2D eigenvalue weighted by Gasteiger charge is -2.32. The van der Waals surface area contributed by atoms with E-state index in [-0.39, 0.29) is 0 Å². The standard InChI is InChI=1S/C11H17N7/c1-6(7-3-2-4-7)14-9-8-5-13-18-10(8)16-11(15-9)17-12/h5-7H,2-4,12H2,1H3,(H3,13,14,15,16,17,18). The fourth-order valence-electron chi connectivity index (χ4n) is 2.28. The van der Waals surface area contributed by atoms with Gasteiger partial charge in [0.15, 0.2) is 5.65 Å². The predicted octanol–water partition coefficient (Wildman–Crippen LogP) is 1.24. The van der Waals surface area contributed by atoms with E-state index < -0.39 is 0 Å². The molecule has 1 fully saturated rings. The number of rotatable bonds is 4. The Morgan fingerprint density at radius 2 is 2.28 bits per heavy atom. The van der Waals surface area contributed by atoms with E-state index in [9.17, 15) is 0 Å². The summed E-state index contributed by atoms with van der Waals surface area (Å²) >= 11 is 0. The summed E-state index contributed by atoms with van der Waals surface area (Å²) in [5, 5.41) is 11.1. The molecule has 1 aliphatic rings. The van der Waals surface area contributed by atoms with Gasteiger partial charge in [0.25, 0.3) is 0 Å². The third-order valence-electron chi connectivity index (χ3n) is 3.66. The van der Waals surface area contributed by atoms with E-state index in [0.717, 1.165) is 17.1 Å². The van der Waals surface area contributed by atoms with Crippen molar-refractivity contribution >= 4 is 22.8 Å². The molecule has 1 aliphatic carbocycles. The van der Waals surface area contributed by atoms with E-state index in [0.29, 0.717) is 17.6 Å². The van der Waals surface area contributed by atoms with Crippen LogP contribution in [-0.2, 0) is 0 Å². The Kier molecular flexibility index (Phi) is 2.75. The van der Waals surface area contributed by atoms with Crippen LogP contribution in [0.2, 0.25) is 0 Å². The maximum Gasteiger partial charge on any atom is 0.241 e. The van der Waals surface area contributed by atoms with Crippen LogP contribution in [0.3, 0.4) is 0 Å². The predicted molar refractivity (Wildman–Crippen MR) is 69.9 cm³/mol. The molecule has 1 saturated carbocycles. The number of nitrogens with one attached hydrogen (secondary N) is 3. The van der Waals surface area contributed by atoms with Crippen molar-refractivity contribution in [2.75, 3.05) is 10.7 Å². The maximum absolute atomic E-state index is 5.37. The molecular weight excluding hydrogens is 230 g/mol. The molecule has 18 heavy (non-hydrogen) atoms. The Balaban J connectivity index is 1.91. The molecule has 0 saturated heterocycles. The molecule has 0 spiro atoms. The summed E-state index contributed by atoms with van der Waals surface area (Å²) in [4.78, 5) is 8.55. The Bertz CT molecular complexity index is 545. The Morgan fingerprint density at radius 1 is 1.44 bits per heavy atom. The molecule has 2 aromatic rings. The van der Waals surface area contributed by atoms with Crippen LogP contribution in [0.15, 0.2) is 6.20 Å². The smallest absolute Gasteiger partial charge is 0.241 e. The zero-order chi connectivity index (χ0) is 12.5. The van der Waals surface area contributed by atoms with Crippen LogP contribution in [0.4, 0.5) is 11.8 Å². The van der Waals surface area contributed by atoms with Crippen LogP contribution >= 0.6 is 0 Å². The maximum atomic E-state index is 5.37. The lowest BCUT2D eigenvalue weighted by Crippen LogP contribution is -2.31. The van der Waals surface area contributed by atoms with E-state index in [4.69, 9.17) is 5.84 Å². The van der Waals surface area contributed by atoms with Crippen LogP contribution in [0.5, 0.6) is 0 Å². The third kappa shape index (κ3) is 1.86. The zero-order valence-corrected chi connectivity index (χ0v) is 10.3. The van der Waals surface area contributed by atoms with Gasteiger partial charge in [0.05, 0.1) is 11.6 Å². The van der Waals surface area contributed by atoms with E-state index in [1.54, 1.807) is 6.20 Å². The number of nitrogens with two attached hydrogens (primary N) is 1. The van der Waals surface area contributed by atoms with E-state index in [1.807, 2.05) is 0 Å². The Morgan fingerprint density at radius 3 is 2.94 bits per heavy atom. The zero-order valence-electron chi connectivity index (χ0n) is 10.3. The molecule has 2 aromatic heterocycles. The highest BCUT2D eigenvalue weighted by atomic mass is 15.3. The molecule has 7 nitrogen and oxygen atoms in total. The minimum Gasteiger partial charge on any atom is -0.367 e. The molecule has 0 bridgehead atoms. The summed E-state index contributed by atoms with van der Waals surface area (Å²) in [5.41, 5.74) is 3.15. The normalized spacial score (nSPS) is 17.4. The first-order chi connectivity index (χ1) is 8.78. The van der Waals surface area contributed by atoms with Gasteiger partial charge in [-0.25, -0.2) is 5.84 Å². The molecule has 0 aromatic carbocycles. The lowest BCUT2D eigenvalue weighted by atomic mass is 9.80. The summed E-state index contributed by atoms with van der Waals surface area (Å²) in [6.07, 6.45) is 5.63. The Labute approximate surface area is 105 Å². The van der Waals surface area contributed by atoms with Crippen molar-refractivity contribution in [2.45, 2.75) is 32.2 Å². The molecule has 1 unspecified atom stereocenters. The number of fused-ring (bicyclic) bond motifs is 1. The first-order valence-electron chi connectivity index (χ1n) is 6.22. The molecule has 2 heterocycles. The van der Waals surface area contributed by atoms with Gasteiger partial charge < -0.3 is 5.32 Å². The first kappa shape index (κ1) is 11.2. The number of hydrogen-bond acceptors (Lipinski definition) is 6. The fourth-order valence-corrected chi connectivity index (χ4v) is 2.28. The fraction of sp³-hybridized carbons (Fsp3) is 0.545. The van der Waals surface area contributed by atoms with Crippen LogP contribution in [0, 0.1) is 5.92 Å². The molecule has 0 radical (unpaired) electrons. The molecule has 3 rings (SSSR count). The van der Waals surface area contributed by atoms with Crippen molar-refractivity contribution in [1.82, 2.24) is 20.2 Å². The Hall–Kier alpha value is -1.89. The van der Waals surface area contributed by atoms with Gasteiger partial charge in [0, 0.05) is 6.04 Å². The van der Waals surface area contributed by atoms with Crippen molar-refractivity contribution in [3.63, 3.8) is 0 Å². The summed E-state index contributed by atoms with van der Waals surface area (Å²) in [6, 6.07) is 0.400. The molecule has 0 amide bonds. The number of hydrogen-bond donors (Lipinski definition) is 4. The second-order valence-electron chi connectivity index (χ2n) is 4.80. The van der Waals surface area contributed by atoms with Crippen LogP contribution in [-0.4, -0.2) is 26.2 Å². The second-order valence-corrected chi connectivity index (χ2v) is 4.80. The van der Waals surface area contributed by atoms with Crippen molar-refractivity contribution in [1.29, 1.82) is 0 Å². The summed E-state index contributed by atoms with van der Waals surface area (Å²) in [7, 11) is 0. The minimum atomic E-state index is 0.384. The number of nitrogen functional groups attached to an aromatic ring is 1. The number of H-pyrrole nitrogens is 1. The monoisotopic (exact) mass is 247 g/mol. The molecule has 1 atom stereocenters. The van der Waals surface area contributed by atoms with Crippen LogP contribution in [0.25, 0.3) is 11.0 Å². The highest BCUT2D eigenvalue weighted by Gasteiger charge is 2.24. The van der Waals surface area contributed by atoms with Gasteiger partial charge in [-0.15, -0.1) is 0 Å². The van der Waals surface area contributed by atoms with Crippen molar-refractivity contribution < 1.29 is 0 Å². The third-order valence-corrected chi connectivity index (χ3v) is 3.66. The number of hydrazine groups is 1. The number of aromatic nitrogens is 4. The van der Waals surface area contributed by atoms with Gasteiger partial charge in [-0.3, -0.25) is 10.5 Å². The van der Waals surface area contributed by atoms with Gasteiger partial charge >= 0.3 is 0 Å². The number of aromatic amines is 1. The van der Waals surface area contributed by atoms with Gasteiger partial charge in [0.2, 0.25) is 5.95 Å². The van der Waals surface area contributed by atoms with Gasteiger partial charge in [0.1, 0.15) is 5.82 Å². The second kappa shape index (κ2) is 4.41. The summed E-state index contributed by atoms with van der Waals surface area (Å²) < 4.78 is 0. The molecule has 7 heteroatoms. The van der Waals surface area contributed by atoms with E-state index in [2.05, 4.69) is 37.8 Å².